The Bertz CT molecular complexity index is 793. The van der Waals surface area contributed by atoms with E-state index in [2.05, 4.69) is 9.88 Å². The third-order valence-electron chi connectivity index (χ3n) is 3.47. The number of hydrogen-bond acceptors (Lipinski definition) is 6. The minimum absolute atomic E-state index is 0.0834. The Labute approximate surface area is 128 Å². The van der Waals surface area contributed by atoms with Crippen molar-refractivity contribution in [2.75, 3.05) is 6.79 Å². The summed E-state index contributed by atoms with van der Waals surface area (Å²) < 4.78 is 43.1. The number of nitrogens with zero attached hydrogens (tertiary/aromatic N) is 1. The minimum atomic E-state index is -3.72. The second-order valence-electron chi connectivity index (χ2n) is 5.11. The molecule has 1 atom stereocenters. The van der Waals surface area contributed by atoms with E-state index < -0.39 is 16.1 Å². The van der Waals surface area contributed by atoms with E-state index in [1.54, 1.807) is 39.0 Å². The number of benzene rings is 1. The molecule has 0 amide bonds. The zero-order chi connectivity index (χ0) is 15.9. The van der Waals surface area contributed by atoms with Crippen LogP contribution in [-0.2, 0) is 10.0 Å². The Morgan fingerprint density at radius 2 is 1.95 bits per heavy atom. The van der Waals surface area contributed by atoms with Crippen LogP contribution < -0.4 is 14.2 Å². The monoisotopic (exact) mass is 324 g/mol. The Morgan fingerprint density at radius 1 is 1.23 bits per heavy atom. The number of fused-ring (bicyclic) bond motifs is 1. The van der Waals surface area contributed by atoms with Crippen LogP contribution in [0.3, 0.4) is 0 Å². The summed E-state index contributed by atoms with van der Waals surface area (Å²) in [6, 6.07) is 4.89. The molecule has 1 aliphatic heterocycles. The smallest absolute Gasteiger partial charge is 0.246 e. The quantitative estimate of drug-likeness (QED) is 0.925. The van der Waals surface area contributed by atoms with Gasteiger partial charge in [-0.05, 0) is 38.5 Å². The average Bonchev–Trinajstić information content (AvgIpc) is 3.04. The molecular formula is C14H16N2O5S. The van der Waals surface area contributed by atoms with Crippen molar-refractivity contribution < 1.29 is 22.4 Å². The molecule has 0 saturated carbocycles. The van der Waals surface area contributed by atoms with E-state index in [1.807, 2.05) is 0 Å². The van der Waals surface area contributed by atoms with E-state index >= 15 is 0 Å². The molecule has 1 aromatic carbocycles. The van der Waals surface area contributed by atoms with Crippen LogP contribution in [0.4, 0.5) is 0 Å². The first-order valence-electron chi connectivity index (χ1n) is 6.73. The zero-order valence-electron chi connectivity index (χ0n) is 12.4. The summed E-state index contributed by atoms with van der Waals surface area (Å²) in [6.07, 6.45) is 0. The third-order valence-corrected chi connectivity index (χ3v) is 5.25. The SMILES string of the molecule is Cc1noc(C)c1S(=O)(=O)N[C@@H](C)c1ccc2c(c1)OCO2. The van der Waals surface area contributed by atoms with Crippen LogP contribution in [0.1, 0.15) is 30.0 Å². The fraction of sp³-hybridized carbons (Fsp3) is 0.357. The van der Waals surface area contributed by atoms with E-state index in [9.17, 15) is 8.42 Å². The van der Waals surface area contributed by atoms with Crippen LogP contribution in [0.25, 0.3) is 0 Å². The van der Waals surface area contributed by atoms with Crippen molar-refractivity contribution in [3.05, 3.63) is 35.2 Å². The molecule has 0 fully saturated rings. The van der Waals surface area contributed by atoms with Gasteiger partial charge in [0.2, 0.25) is 16.8 Å². The molecule has 0 aliphatic carbocycles. The Balaban J connectivity index is 1.86. The van der Waals surface area contributed by atoms with Crippen molar-refractivity contribution >= 4 is 10.0 Å². The standard InChI is InChI=1S/C14H16N2O5S/c1-8(11-4-5-12-13(6-11)20-7-19-12)16-22(17,18)14-9(2)15-21-10(14)3/h4-6,8,16H,7H2,1-3H3/t8-/m0/s1. The lowest BCUT2D eigenvalue weighted by atomic mass is 10.1. The Morgan fingerprint density at radius 3 is 2.64 bits per heavy atom. The molecule has 0 saturated heterocycles. The Kier molecular flexibility index (Phi) is 3.57. The fourth-order valence-electron chi connectivity index (χ4n) is 2.40. The summed E-state index contributed by atoms with van der Waals surface area (Å²) in [5, 5.41) is 3.68. The molecule has 0 radical (unpaired) electrons. The summed E-state index contributed by atoms with van der Waals surface area (Å²) in [5.41, 5.74) is 1.11. The molecule has 8 heteroatoms. The molecule has 7 nitrogen and oxygen atoms in total. The number of aromatic nitrogens is 1. The van der Waals surface area contributed by atoms with Crippen molar-refractivity contribution in [1.82, 2.24) is 9.88 Å². The molecule has 1 N–H and O–H groups in total. The van der Waals surface area contributed by atoms with Crippen molar-refractivity contribution in [2.24, 2.45) is 0 Å². The van der Waals surface area contributed by atoms with E-state index in [-0.39, 0.29) is 17.4 Å². The van der Waals surface area contributed by atoms with Crippen LogP contribution in [0.2, 0.25) is 0 Å². The first-order valence-corrected chi connectivity index (χ1v) is 8.21. The highest BCUT2D eigenvalue weighted by atomic mass is 32.2. The number of rotatable bonds is 4. The largest absolute Gasteiger partial charge is 0.454 e. The summed E-state index contributed by atoms with van der Waals surface area (Å²) in [5.74, 6) is 1.54. The lowest BCUT2D eigenvalue weighted by molar-refractivity contribution is 0.174. The molecule has 0 spiro atoms. The van der Waals surface area contributed by atoms with Gasteiger partial charge >= 0.3 is 0 Å². The number of ether oxygens (including phenoxy) is 2. The van der Waals surface area contributed by atoms with Gasteiger partial charge in [-0.2, -0.15) is 0 Å². The van der Waals surface area contributed by atoms with Crippen molar-refractivity contribution in [3.8, 4) is 11.5 Å². The summed E-state index contributed by atoms with van der Waals surface area (Å²) in [6.45, 7) is 5.10. The van der Waals surface area contributed by atoms with Crippen LogP contribution in [0.15, 0.2) is 27.6 Å². The summed E-state index contributed by atoms with van der Waals surface area (Å²) >= 11 is 0. The predicted molar refractivity (Wildman–Crippen MR) is 77.3 cm³/mol. The summed E-state index contributed by atoms with van der Waals surface area (Å²) in [7, 11) is -3.72. The van der Waals surface area contributed by atoms with Gasteiger partial charge in [0, 0.05) is 6.04 Å². The molecule has 118 valence electrons. The molecule has 1 aliphatic rings. The average molecular weight is 324 g/mol. The molecule has 1 aromatic heterocycles. The van der Waals surface area contributed by atoms with Gasteiger partial charge in [-0.3, -0.25) is 0 Å². The second kappa shape index (κ2) is 5.29. The third kappa shape index (κ3) is 2.55. The van der Waals surface area contributed by atoms with Crippen molar-refractivity contribution in [2.45, 2.75) is 31.7 Å². The number of nitrogens with one attached hydrogen (secondary N) is 1. The first-order chi connectivity index (χ1) is 10.4. The van der Waals surface area contributed by atoms with Gasteiger partial charge in [0.15, 0.2) is 17.3 Å². The van der Waals surface area contributed by atoms with Crippen LogP contribution in [0.5, 0.6) is 11.5 Å². The van der Waals surface area contributed by atoms with E-state index in [1.165, 1.54) is 0 Å². The number of aryl methyl sites for hydroxylation is 2. The van der Waals surface area contributed by atoms with Gasteiger partial charge in [-0.15, -0.1) is 0 Å². The minimum Gasteiger partial charge on any atom is -0.454 e. The van der Waals surface area contributed by atoms with Crippen LogP contribution >= 0.6 is 0 Å². The number of sulfonamides is 1. The highest BCUT2D eigenvalue weighted by molar-refractivity contribution is 7.89. The summed E-state index contributed by atoms with van der Waals surface area (Å²) in [4.78, 5) is 0.0834. The lowest BCUT2D eigenvalue weighted by Crippen LogP contribution is -2.27. The van der Waals surface area contributed by atoms with E-state index in [0.717, 1.165) is 5.56 Å². The van der Waals surface area contributed by atoms with Gasteiger partial charge in [0.05, 0.1) is 0 Å². The molecule has 2 aromatic rings. The normalized spacial score (nSPS) is 15.0. The van der Waals surface area contributed by atoms with Crippen LogP contribution in [-0.4, -0.2) is 20.4 Å². The second-order valence-corrected chi connectivity index (χ2v) is 6.76. The zero-order valence-corrected chi connectivity index (χ0v) is 13.2. The maximum atomic E-state index is 12.5. The first kappa shape index (κ1) is 14.9. The maximum Gasteiger partial charge on any atom is 0.246 e. The maximum absolute atomic E-state index is 12.5. The fourth-order valence-corrected chi connectivity index (χ4v) is 3.96. The van der Waals surface area contributed by atoms with Gasteiger partial charge in [0.25, 0.3) is 0 Å². The van der Waals surface area contributed by atoms with Crippen molar-refractivity contribution in [3.63, 3.8) is 0 Å². The molecule has 3 rings (SSSR count). The highest BCUT2D eigenvalue weighted by Gasteiger charge is 2.26. The topological polar surface area (TPSA) is 90.7 Å². The lowest BCUT2D eigenvalue weighted by Gasteiger charge is -2.15. The van der Waals surface area contributed by atoms with Gasteiger partial charge < -0.3 is 14.0 Å². The highest BCUT2D eigenvalue weighted by Crippen LogP contribution is 2.34. The molecule has 22 heavy (non-hydrogen) atoms. The van der Waals surface area contributed by atoms with E-state index in [0.29, 0.717) is 17.2 Å². The molecule has 0 bridgehead atoms. The molecule has 2 heterocycles. The van der Waals surface area contributed by atoms with Gasteiger partial charge in [-0.1, -0.05) is 11.2 Å². The Hall–Kier alpha value is -2.06. The molecular weight excluding hydrogens is 308 g/mol. The van der Waals surface area contributed by atoms with E-state index in [4.69, 9.17) is 14.0 Å². The van der Waals surface area contributed by atoms with Gasteiger partial charge in [0.1, 0.15) is 10.6 Å². The van der Waals surface area contributed by atoms with Gasteiger partial charge in [-0.25, -0.2) is 13.1 Å². The molecule has 0 unspecified atom stereocenters. The number of hydrogen-bond donors (Lipinski definition) is 1. The predicted octanol–water partition coefficient (Wildman–Crippen LogP) is 2.06. The van der Waals surface area contributed by atoms with Crippen LogP contribution in [0, 0.1) is 13.8 Å². The van der Waals surface area contributed by atoms with Crippen molar-refractivity contribution in [1.29, 1.82) is 0 Å².